The normalized spacial score (nSPS) is 20.8. The highest BCUT2D eigenvalue weighted by atomic mass is 35.5. The molecule has 7 heterocycles. The van der Waals surface area contributed by atoms with Crippen molar-refractivity contribution in [3.63, 3.8) is 0 Å². The second kappa shape index (κ2) is 20.8. The lowest BCUT2D eigenvalue weighted by atomic mass is 9.95. The number of rotatable bonds is 15. The molecule has 0 spiro atoms. The Morgan fingerprint density at radius 2 is 1.62 bits per heavy atom. The highest BCUT2D eigenvalue weighted by molar-refractivity contribution is 6.36. The molecule has 0 aliphatic carbocycles. The van der Waals surface area contributed by atoms with Crippen molar-refractivity contribution in [1.82, 2.24) is 34.6 Å². The van der Waals surface area contributed by atoms with Gasteiger partial charge in [-0.05, 0) is 106 Å². The van der Waals surface area contributed by atoms with Crippen LogP contribution in [0, 0.1) is 5.82 Å². The number of nitrogens with zero attached hydrogens (tertiary/aromatic N) is 9. The van der Waals surface area contributed by atoms with Gasteiger partial charge in [0.25, 0.3) is 0 Å². The van der Waals surface area contributed by atoms with Crippen LogP contribution in [0.5, 0.6) is 17.5 Å². The number of anilines is 2. The number of likely N-dealkylation sites (N-methyl/N-ethyl adjacent to an activating group) is 1. The van der Waals surface area contributed by atoms with Gasteiger partial charge in [0.2, 0.25) is 5.91 Å². The standard InChI is InChI=1S/C56H62ClF2N9O6/c1-55(2,3)74-54(70)68-26-22-39(68)15-20-46(69)65-25-21-40(33-65)64(4)52-43-29-60-51(48(59)49(43)62-53(63-52)73-34-56-23-8-24-67(56)32-38(58)28-56)50-47-37(9-7-10-44(47)57)27-45(61-50)66(30-35-11-16-41(71-5)17-12-35)31-36-13-18-42(72-6)19-14-36/h7,9-20,27,29,38-40H,8,21-26,28,30-34H2,1-6H3/b20-15+/t38-,39+,40-,56+/m1/s1. The molecule has 10 rings (SSSR count). The smallest absolute Gasteiger partial charge is 0.410 e. The summed E-state index contributed by atoms with van der Waals surface area (Å²) < 4.78 is 55.8. The van der Waals surface area contributed by atoms with Gasteiger partial charge in [0, 0.05) is 76.4 Å². The first-order chi connectivity index (χ1) is 35.6. The molecular formula is C56H62ClF2N9O6. The molecule has 0 N–H and O–H groups in total. The zero-order chi connectivity index (χ0) is 51.9. The van der Waals surface area contributed by atoms with Crippen LogP contribution in [-0.2, 0) is 22.6 Å². The van der Waals surface area contributed by atoms with Crippen molar-refractivity contribution < 1.29 is 37.3 Å². The van der Waals surface area contributed by atoms with Crippen LogP contribution in [0.1, 0.15) is 64.0 Å². The van der Waals surface area contributed by atoms with Crippen molar-refractivity contribution in [2.45, 2.75) is 95.4 Å². The lowest BCUT2D eigenvalue weighted by Gasteiger charge is -2.39. The number of pyridine rings is 2. The summed E-state index contributed by atoms with van der Waals surface area (Å²) in [5, 5.41) is 1.94. The first-order valence-corrected chi connectivity index (χ1v) is 25.6. The average molecular weight is 1030 g/mol. The van der Waals surface area contributed by atoms with E-state index < -0.39 is 29.2 Å². The van der Waals surface area contributed by atoms with E-state index in [1.807, 2.05) is 99.4 Å². The summed E-state index contributed by atoms with van der Waals surface area (Å²) in [6.07, 6.45) is 6.82. The van der Waals surface area contributed by atoms with E-state index in [-0.39, 0.29) is 47.5 Å². The van der Waals surface area contributed by atoms with Crippen LogP contribution >= 0.6 is 11.6 Å². The number of methoxy groups -OCH3 is 2. The van der Waals surface area contributed by atoms with Gasteiger partial charge in [-0.25, -0.2) is 18.6 Å². The first-order valence-electron chi connectivity index (χ1n) is 25.3. The number of halogens is 3. The molecule has 0 unspecified atom stereocenters. The van der Waals surface area contributed by atoms with Crippen molar-refractivity contribution in [2.75, 3.05) is 70.4 Å². The molecule has 15 nitrogen and oxygen atoms in total. The summed E-state index contributed by atoms with van der Waals surface area (Å²) in [6.45, 7) is 8.99. The maximum Gasteiger partial charge on any atom is 0.410 e. The van der Waals surface area contributed by atoms with E-state index >= 15 is 4.39 Å². The number of hydrogen-bond acceptors (Lipinski definition) is 13. The molecule has 3 aromatic heterocycles. The van der Waals surface area contributed by atoms with E-state index in [0.29, 0.717) is 79.5 Å². The van der Waals surface area contributed by atoms with Crippen LogP contribution in [0.25, 0.3) is 33.1 Å². The minimum atomic E-state index is -0.974. The molecule has 0 radical (unpaired) electrons. The summed E-state index contributed by atoms with van der Waals surface area (Å²) in [4.78, 5) is 55.7. The summed E-state index contributed by atoms with van der Waals surface area (Å²) in [7, 11) is 5.12. The summed E-state index contributed by atoms with van der Waals surface area (Å²) in [5.41, 5.74) is 0.969. The molecule has 74 heavy (non-hydrogen) atoms. The number of amides is 2. The second-order valence-corrected chi connectivity index (χ2v) is 21.2. The molecule has 4 fully saturated rings. The summed E-state index contributed by atoms with van der Waals surface area (Å²) in [6, 6.07) is 22.6. The fraction of sp³-hybridized carbons (Fsp3) is 0.429. The Labute approximate surface area is 435 Å². The number of likely N-dealkylation sites (tertiary alicyclic amines) is 2. The summed E-state index contributed by atoms with van der Waals surface area (Å²) >= 11 is 7.01. The number of ether oxygens (including phenoxy) is 4. The molecule has 4 aliphatic heterocycles. The van der Waals surface area contributed by atoms with E-state index in [2.05, 4.69) is 9.80 Å². The Morgan fingerprint density at radius 3 is 2.28 bits per heavy atom. The number of alkyl halides is 1. The molecule has 0 bridgehead atoms. The van der Waals surface area contributed by atoms with Gasteiger partial charge in [0.15, 0.2) is 5.82 Å². The zero-order valence-electron chi connectivity index (χ0n) is 42.7. The van der Waals surface area contributed by atoms with Gasteiger partial charge in [0.1, 0.15) is 58.4 Å². The van der Waals surface area contributed by atoms with E-state index in [1.54, 1.807) is 42.4 Å². The van der Waals surface area contributed by atoms with Gasteiger partial charge in [-0.2, -0.15) is 9.97 Å². The third-order valence-corrected chi connectivity index (χ3v) is 15.1. The van der Waals surface area contributed by atoms with E-state index in [1.165, 1.54) is 6.08 Å². The molecule has 4 atom stereocenters. The molecule has 2 amide bonds. The molecule has 4 aliphatic rings. The van der Waals surface area contributed by atoms with Gasteiger partial charge in [-0.1, -0.05) is 54.1 Å². The zero-order valence-corrected chi connectivity index (χ0v) is 43.4. The fourth-order valence-corrected chi connectivity index (χ4v) is 11.0. The topological polar surface area (TPSA) is 139 Å². The Kier molecular flexibility index (Phi) is 14.3. The number of aromatic nitrogens is 4. The largest absolute Gasteiger partial charge is 0.497 e. The number of carbonyl (C=O) groups excluding carboxylic acids is 2. The second-order valence-electron chi connectivity index (χ2n) is 20.8. The quantitative estimate of drug-likeness (QED) is 0.0903. The minimum absolute atomic E-state index is 0.0398. The van der Waals surface area contributed by atoms with Gasteiger partial charge >= 0.3 is 12.1 Å². The van der Waals surface area contributed by atoms with Crippen LogP contribution in [0.15, 0.2) is 91.1 Å². The maximum atomic E-state index is 18.0. The van der Waals surface area contributed by atoms with Gasteiger partial charge in [0.05, 0.1) is 36.2 Å². The SMILES string of the molecule is COc1ccc(CN(Cc2ccc(OC)cc2)c2cc3cccc(Cl)c3c(-c3ncc4c(N(C)[C@@H]5CCN(C(=O)/C=C/[C@H]6CCN6C(=O)OC(C)(C)C)C5)nc(OC[C@@]56CCCN5C[C@H](F)C6)nc4c3F)n2)cc1. The van der Waals surface area contributed by atoms with Crippen LogP contribution in [0.4, 0.5) is 25.2 Å². The predicted molar refractivity (Wildman–Crippen MR) is 281 cm³/mol. The van der Waals surface area contributed by atoms with Crippen molar-refractivity contribution >= 4 is 56.9 Å². The van der Waals surface area contributed by atoms with Crippen molar-refractivity contribution in [3.05, 3.63) is 113 Å². The van der Waals surface area contributed by atoms with Crippen LogP contribution in [-0.4, -0.2) is 137 Å². The third-order valence-electron chi connectivity index (χ3n) is 14.8. The summed E-state index contributed by atoms with van der Waals surface area (Å²) in [5.74, 6) is 1.46. The fourth-order valence-electron chi connectivity index (χ4n) is 10.8. The minimum Gasteiger partial charge on any atom is -0.497 e. The predicted octanol–water partition coefficient (Wildman–Crippen LogP) is 9.81. The van der Waals surface area contributed by atoms with E-state index in [4.69, 9.17) is 50.5 Å². The molecule has 0 saturated carbocycles. The lowest BCUT2D eigenvalue weighted by Crippen LogP contribution is -2.51. The van der Waals surface area contributed by atoms with Crippen molar-refractivity contribution in [1.29, 1.82) is 0 Å². The number of hydrogen-bond donors (Lipinski definition) is 0. The Bertz CT molecular complexity index is 3040. The van der Waals surface area contributed by atoms with Crippen LogP contribution in [0.2, 0.25) is 5.02 Å². The average Bonchev–Trinajstić information content (AvgIpc) is 4.10. The number of benzene rings is 3. The monoisotopic (exact) mass is 1030 g/mol. The van der Waals surface area contributed by atoms with Gasteiger partial charge in [-0.15, -0.1) is 0 Å². The Morgan fingerprint density at radius 1 is 0.905 bits per heavy atom. The van der Waals surface area contributed by atoms with Gasteiger partial charge < -0.3 is 38.5 Å². The highest BCUT2D eigenvalue weighted by Crippen LogP contribution is 2.42. The maximum absolute atomic E-state index is 18.0. The molecule has 3 aromatic carbocycles. The molecule has 6 aromatic rings. The van der Waals surface area contributed by atoms with Crippen molar-refractivity contribution in [2.24, 2.45) is 0 Å². The Balaban J connectivity index is 1.01. The molecule has 4 saturated heterocycles. The van der Waals surface area contributed by atoms with E-state index in [9.17, 15) is 14.0 Å². The first kappa shape index (κ1) is 50.7. The number of fused-ring (bicyclic) bond motifs is 3. The molecule has 388 valence electrons. The Hall–Kier alpha value is -6.85. The number of carbonyl (C=O) groups is 2. The lowest BCUT2D eigenvalue weighted by molar-refractivity contribution is -0.125. The van der Waals surface area contributed by atoms with E-state index in [0.717, 1.165) is 53.8 Å². The van der Waals surface area contributed by atoms with Crippen LogP contribution in [0.3, 0.4) is 0 Å². The highest BCUT2D eigenvalue weighted by Gasteiger charge is 2.49. The molecular weight excluding hydrogens is 968 g/mol. The van der Waals surface area contributed by atoms with Crippen molar-refractivity contribution in [3.8, 4) is 28.9 Å². The van der Waals surface area contributed by atoms with Crippen LogP contribution < -0.4 is 24.0 Å². The molecule has 18 heteroatoms. The van der Waals surface area contributed by atoms with Gasteiger partial charge in [-0.3, -0.25) is 14.7 Å². The third kappa shape index (κ3) is 10.5.